The minimum Gasteiger partial charge on any atom is -1.00 e. The number of fused-ring (bicyclic) bond motifs is 3. The molecule has 0 spiro atoms. The van der Waals surface area contributed by atoms with Crippen molar-refractivity contribution in [2.24, 2.45) is 0 Å². The zero-order valence-corrected chi connectivity index (χ0v) is 24.2. The van der Waals surface area contributed by atoms with Gasteiger partial charge in [0.15, 0.2) is 0 Å². The first-order valence-electron chi connectivity index (χ1n) is 12.2. The first kappa shape index (κ1) is 26.7. The molecule has 0 radical (unpaired) electrons. The number of allylic oxidation sites excluding steroid dienone is 4. The van der Waals surface area contributed by atoms with Crippen LogP contribution >= 0.6 is 0 Å². The molecule has 0 unspecified atom stereocenters. The maximum absolute atomic E-state index is 2.52. The zero-order chi connectivity index (χ0) is 22.9. The molecule has 177 valence electrons. The summed E-state index contributed by atoms with van der Waals surface area (Å²) in [5.74, 6) is 0. The van der Waals surface area contributed by atoms with E-state index in [0.717, 1.165) is 19.3 Å². The van der Waals surface area contributed by atoms with Gasteiger partial charge in [-0.05, 0) is 0 Å². The molecule has 0 amide bonds. The zero-order valence-electron chi connectivity index (χ0n) is 20.3. The van der Waals surface area contributed by atoms with Crippen LogP contribution in [0.5, 0.6) is 0 Å². The Hall–Kier alpha value is -2.31. The van der Waals surface area contributed by atoms with Gasteiger partial charge in [0.25, 0.3) is 0 Å². The third kappa shape index (κ3) is 4.95. The Kier molecular flexibility index (Phi) is 8.79. The number of aryl methyl sites for hydroxylation is 1. The van der Waals surface area contributed by atoms with Crippen LogP contribution in [-0.2, 0) is 35.6 Å². The third-order valence-corrected chi connectivity index (χ3v) is 11.0. The fourth-order valence-electron chi connectivity index (χ4n) is 5.39. The van der Waals surface area contributed by atoms with Crippen molar-refractivity contribution in [3.63, 3.8) is 0 Å². The Morgan fingerprint density at radius 2 is 1.42 bits per heavy atom. The number of benzene rings is 4. The molecule has 4 aromatic rings. The minimum atomic E-state index is -1.16. The number of halogens is 2. The topological polar surface area (TPSA) is 0 Å². The summed E-state index contributed by atoms with van der Waals surface area (Å²) in [5.41, 5.74) is 13.4. The summed E-state index contributed by atoms with van der Waals surface area (Å²) in [6, 6.07) is 33.8. The van der Waals surface area contributed by atoms with Crippen LogP contribution in [0.4, 0.5) is 0 Å². The molecule has 2 aliphatic carbocycles. The molecule has 36 heavy (non-hydrogen) atoms. The summed E-state index contributed by atoms with van der Waals surface area (Å²) >= 11 is -1.16. The van der Waals surface area contributed by atoms with Crippen LogP contribution in [0, 0.1) is 0 Å². The second-order valence-corrected chi connectivity index (χ2v) is 12.1. The van der Waals surface area contributed by atoms with E-state index in [4.69, 9.17) is 0 Å². The first-order chi connectivity index (χ1) is 16.8. The molecule has 2 aliphatic rings. The van der Waals surface area contributed by atoms with Gasteiger partial charge < -0.3 is 24.8 Å². The molecule has 3 heteroatoms. The van der Waals surface area contributed by atoms with E-state index in [2.05, 4.69) is 116 Å². The van der Waals surface area contributed by atoms with E-state index >= 15 is 0 Å². The molecular formula is C33H27Cl2Zr. The normalized spacial score (nSPS) is 12.5. The van der Waals surface area contributed by atoms with Gasteiger partial charge in [-0.1, -0.05) is 0 Å². The number of hydrogen-bond acceptors (Lipinski definition) is 0. The fraction of sp³-hybridized carbons (Fsp3) is 0.121. The minimum absolute atomic E-state index is 0. The van der Waals surface area contributed by atoms with Gasteiger partial charge in [0.05, 0.1) is 0 Å². The quantitative estimate of drug-likeness (QED) is 0.291. The standard InChI is InChI=1S/C20H17.C13H10.2ClH.Zr/c1-2-14-12-20-17(11-16-9-5-6-10-18(16)20)13-19(14)15-7-3-4-8-15;1-3-7-12(8-4-1)11-13-9-5-2-6-10-13;;;/h3-7,9-10,12H,2,8,11H2,1H3;1-10H;2*1H;/q;;;;+2/p-2. The third-order valence-electron chi connectivity index (χ3n) is 7.04. The smallest absolute Gasteiger partial charge is 1.00 e. The van der Waals surface area contributed by atoms with Crippen LogP contribution in [-0.4, -0.2) is 3.21 Å². The summed E-state index contributed by atoms with van der Waals surface area (Å²) in [6.45, 7) is 2.32. The predicted octanol–water partition coefficient (Wildman–Crippen LogP) is 1.15. The average molecular weight is 586 g/mol. The van der Waals surface area contributed by atoms with E-state index in [1.807, 2.05) is 0 Å². The molecular weight excluding hydrogens is 558 g/mol. The molecule has 0 saturated heterocycles. The average Bonchev–Trinajstić information content (AvgIpc) is 3.56. The Morgan fingerprint density at radius 3 is 2.03 bits per heavy atom. The molecule has 4 aromatic carbocycles. The SMILES string of the molecule is CCc1cc2c([c]([Zr+2]=[C](c3ccccc3)c3ccccc3)c1C1=CC=CC1)Cc1ccccc1-2.[Cl-].[Cl-]. The molecule has 0 N–H and O–H groups in total. The van der Waals surface area contributed by atoms with Gasteiger partial charge in [0.2, 0.25) is 0 Å². The molecule has 0 saturated carbocycles. The maximum Gasteiger partial charge on any atom is -1.00 e. The summed E-state index contributed by atoms with van der Waals surface area (Å²) in [5, 5.41) is 0. The Morgan fingerprint density at radius 1 is 0.778 bits per heavy atom. The van der Waals surface area contributed by atoms with Crippen LogP contribution in [0.2, 0.25) is 0 Å². The van der Waals surface area contributed by atoms with Crippen LogP contribution in [0.15, 0.2) is 109 Å². The van der Waals surface area contributed by atoms with Crippen molar-refractivity contribution in [2.75, 3.05) is 0 Å². The summed E-state index contributed by atoms with van der Waals surface area (Å²) in [4.78, 5) is 0. The van der Waals surface area contributed by atoms with E-state index in [0.29, 0.717) is 0 Å². The molecule has 0 atom stereocenters. The molecule has 0 nitrogen and oxygen atoms in total. The number of rotatable bonds is 5. The van der Waals surface area contributed by atoms with Crippen LogP contribution in [0.25, 0.3) is 16.7 Å². The van der Waals surface area contributed by atoms with E-state index in [9.17, 15) is 0 Å². The predicted molar refractivity (Wildman–Crippen MR) is 142 cm³/mol. The van der Waals surface area contributed by atoms with E-state index in [-0.39, 0.29) is 24.8 Å². The van der Waals surface area contributed by atoms with Gasteiger partial charge in [-0.3, -0.25) is 0 Å². The van der Waals surface area contributed by atoms with Crippen LogP contribution in [0.3, 0.4) is 0 Å². The fourth-order valence-corrected chi connectivity index (χ4v) is 9.55. The van der Waals surface area contributed by atoms with E-state index in [1.165, 1.54) is 39.0 Å². The van der Waals surface area contributed by atoms with Gasteiger partial charge >= 0.3 is 215 Å². The molecule has 0 aliphatic heterocycles. The Labute approximate surface area is 238 Å². The van der Waals surface area contributed by atoms with Crippen molar-refractivity contribution in [3.8, 4) is 11.1 Å². The number of hydrogen-bond donors (Lipinski definition) is 0. The second-order valence-electron chi connectivity index (χ2n) is 9.06. The second kappa shape index (κ2) is 11.8. The molecule has 0 heterocycles. The van der Waals surface area contributed by atoms with E-state index in [1.54, 1.807) is 17.6 Å². The monoisotopic (exact) mass is 583 g/mol. The largest absolute Gasteiger partial charge is 1.00 e. The van der Waals surface area contributed by atoms with Crippen molar-refractivity contribution in [1.29, 1.82) is 0 Å². The van der Waals surface area contributed by atoms with Crippen LogP contribution in [0.1, 0.15) is 46.7 Å². The summed E-state index contributed by atoms with van der Waals surface area (Å²) in [7, 11) is 0. The van der Waals surface area contributed by atoms with Crippen LogP contribution < -0.4 is 28.1 Å². The van der Waals surface area contributed by atoms with Gasteiger partial charge in [-0.15, -0.1) is 0 Å². The molecule has 0 aromatic heterocycles. The van der Waals surface area contributed by atoms with Gasteiger partial charge in [-0.25, -0.2) is 0 Å². The van der Waals surface area contributed by atoms with Gasteiger partial charge in [0.1, 0.15) is 0 Å². The van der Waals surface area contributed by atoms with Crippen molar-refractivity contribution in [3.05, 3.63) is 143 Å². The van der Waals surface area contributed by atoms with Gasteiger partial charge in [0, 0.05) is 0 Å². The van der Waals surface area contributed by atoms with Crippen molar-refractivity contribution in [1.82, 2.24) is 0 Å². The Balaban J connectivity index is 0.00000152. The Bertz CT molecular complexity index is 1420. The first-order valence-corrected chi connectivity index (χ1v) is 14.7. The van der Waals surface area contributed by atoms with E-state index < -0.39 is 22.8 Å². The van der Waals surface area contributed by atoms with Gasteiger partial charge in [-0.2, -0.15) is 0 Å². The summed E-state index contributed by atoms with van der Waals surface area (Å²) in [6.07, 6.45) is 10.1. The van der Waals surface area contributed by atoms with Crippen molar-refractivity contribution in [2.45, 2.75) is 26.2 Å². The molecule has 6 rings (SSSR count). The maximum atomic E-state index is 2.52. The molecule has 0 fully saturated rings. The van der Waals surface area contributed by atoms with Crippen molar-refractivity contribution < 1.29 is 47.6 Å². The summed E-state index contributed by atoms with van der Waals surface area (Å²) < 4.78 is 3.26. The van der Waals surface area contributed by atoms with Crippen molar-refractivity contribution >= 4 is 12.1 Å². The molecule has 0 bridgehead atoms.